The van der Waals surface area contributed by atoms with Gasteiger partial charge >= 0.3 is 0 Å². The van der Waals surface area contributed by atoms with Crippen molar-refractivity contribution in [3.63, 3.8) is 0 Å². The maximum Gasteiger partial charge on any atom is 0.212 e. The van der Waals surface area contributed by atoms with E-state index in [2.05, 4.69) is 30.5 Å². The second kappa shape index (κ2) is 6.34. The SMILES string of the molecule is CS(=NC#N)C1(C)CCCCC(C)(C#N)CCC1. The second-order valence-electron chi connectivity index (χ2n) is 5.85. The minimum absolute atomic E-state index is 0.149. The molecule has 0 heterocycles. The molecule has 18 heavy (non-hydrogen) atoms. The van der Waals surface area contributed by atoms with Crippen LogP contribution in [0.3, 0.4) is 0 Å². The lowest BCUT2D eigenvalue weighted by molar-refractivity contribution is 0.353. The molecule has 0 aliphatic heterocycles. The molecule has 0 spiro atoms. The van der Waals surface area contributed by atoms with Gasteiger partial charge in [0.1, 0.15) is 0 Å². The highest BCUT2D eigenvalue weighted by Gasteiger charge is 2.31. The molecule has 1 aliphatic carbocycles. The van der Waals surface area contributed by atoms with Crippen LogP contribution in [-0.2, 0) is 10.7 Å². The smallest absolute Gasteiger partial charge is 0.198 e. The van der Waals surface area contributed by atoms with E-state index in [0.717, 1.165) is 44.9 Å². The third-order valence-corrected chi connectivity index (χ3v) is 6.47. The van der Waals surface area contributed by atoms with Gasteiger partial charge in [-0.1, -0.05) is 30.0 Å². The van der Waals surface area contributed by atoms with Crippen LogP contribution in [0.25, 0.3) is 0 Å². The number of rotatable bonds is 1. The van der Waals surface area contributed by atoms with Crippen LogP contribution in [0.1, 0.15) is 58.8 Å². The van der Waals surface area contributed by atoms with Crippen molar-refractivity contribution < 1.29 is 0 Å². The summed E-state index contributed by atoms with van der Waals surface area (Å²) in [5.74, 6) is 0. The molecule has 1 aliphatic rings. The normalized spacial score (nSPS) is 35.6. The van der Waals surface area contributed by atoms with Crippen molar-refractivity contribution in [2.24, 2.45) is 9.78 Å². The van der Waals surface area contributed by atoms with Crippen molar-refractivity contribution in [3.05, 3.63) is 0 Å². The Morgan fingerprint density at radius 1 is 1.00 bits per heavy atom. The molecule has 4 heteroatoms. The maximum atomic E-state index is 9.27. The molecule has 3 nitrogen and oxygen atoms in total. The Kier molecular flexibility index (Phi) is 5.35. The van der Waals surface area contributed by atoms with Gasteiger partial charge in [-0.3, -0.25) is 0 Å². The van der Waals surface area contributed by atoms with Gasteiger partial charge in [0, 0.05) is 4.75 Å². The monoisotopic (exact) mass is 265 g/mol. The van der Waals surface area contributed by atoms with Crippen LogP contribution >= 0.6 is 0 Å². The van der Waals surface area contributed by atoms with E-state index in [4.69, 9.17) is 5.26 Å². The lowest BCUT2D eigenvalue weighted by Crippen LogP contribution is -2.29. The van der Waals surface area contributed by atoms with Gasteiger partial charge in [-0.05, 0) is 45.8 Å². The first-order valence-corrected chi connectivity index (χ1v) is 8.22. The van der Waals surface area contributed by atoms with E-state index in [1.54, 1.807) is 0 Å². The van der Waals surface area contributed by atoms with Crippen LogP contribution < -0.4 is 0 Å². The highest BCUT2D eigenvalue weighted by atomic mass is 32.2. The molecule has 0 radical (unpaired) electrons. The van der Waals surface area contributed by atoms with Gasteiger partial charge in [-0.15, -0.1) is 0 Å². The first-order valence-electron chi connectivity index (χ1n) is 6.63. The summed E-state index contributed by atoms with van der Waals surface area (Å²) in [5, 5.41) is 18.0. The molecule has 1 saturated carbocycles. The van der Waals surface area contributed by atoms with E-state index in [1.165, 1.54) is 0 Å². The molecule has 0 saturated heterocycles. The minimum atomic E-state index is -0.194. The summed E-state index contributed by atoms with van der Waals surface area (Å²) < 4.78 is 4.20. The summed E-state index contributed by atoms with van der Waals surface area (Å²) in [6.07, 6.45) is 11.5. The van der Waals surface area contributed by atoms with E-state index < -0.39 is 0 Å². The second-order valence-corrected chi connectivity index (χ2v) is 7.98. The van der Waals surface area contributed by atoms with Crippen LogP contribution in [0.4, 0.5) is 0 Å². The van der Waals surface area contributed by atoms with Crippen LogP contribution in [0.5, 0.6) is 0 Å². The van der Waals surface area contributed by atoms with Gasteiger partial charge in [0.05, 0.1) is 11.5 Å². The Morgan fingerprint density at radius 2 is 1.56 bits per heavy atom. The molecule has 100 valence electrons. The molecule has 3 atom stereocenters. The average molecular weight is 265 g/mol. The Hall–Kier alpha value is -0.870. The lowest BCUT2D eigenvalue weighted by Gasteiger charge is -2.29. The zero-order valence-corrected chi connectivity index (χ0v) is 12.5. The molecular formula is C14H23N3S. The summed E-state index contributed by atoms with van der Waals surface area (Å²) in [4.78, 5) is 0. The van der Waals surface area contributed by atoms with Crippen molar-refractivity contribution in [1.82, 2.24) is 0 Å². The van der Waals surface area contributed by atoms with Gasteiger partial charge in [0.2, 0.25) is 6.19 Å². The largest absolute Gasteiger partial charge is 0.212 e. The highest BCUT2D eigenvalue weighted by Crippen LogP contribution is 2.37. The van der Waals surface area contributed by atoms with E-state index >= 15 is 0 Å². The molecule has 0 aromatic carbocycles. The Balaban J connectivity index is 2.80. The van der Waals surface area contributed by atoms with Crippen molar-refractivity contribution in [3.8, 4) is 12.3 Å². The quantitative estimate of drug-likeness (QED) is 0.674. The molecule has 0 bridgehead atoms. The zero-order chi connectivity index (χ0) is 13.6. The highest BCUT2D eigenvalue weighted by molar-refractivity contribution is 7.88. The number of nitrogens with zero attached hydrogens (tertiary/aromatic N) is 3. The van der Waals surface area contributed by atoms with E-state index in [-0.39, 0.29) is 20.9 Å². The number of nitriles is 2. The first-order chi connectivity index (χ1) is 8.46. The van der Waals surface area contributed by atoms with Crippen molar-refractivity contribution in [2.45, 2.75) is 63.5 Å². The first kappa shape index (κ1) is 15.2. The summed E-state index contributed by atoms with van der Waals surface area (Å²) in [5.41, 5.74) is -0.149. The molecule has 0 N–H and O–H groups in total. The zero-order valence-electron chi connectivity index (χ0n) is 11.7. The van der Waals surface area contributed by atoms with Crippen LogP contribution in [0.2, 0.25) is 0 Å². The number of hydrogen-bond donors (Lipinski definition) is 0. The van der Waals surface area contributed by atoms with Gasteiger partial charge in [-0.25, -0.2) is 0 Å². The fourth-order valence-electron chi connectivity index (χ4n) is 2.70. The fourth-order valence-corrected chi connectivity index (χ4v) is 3.92. The summed E-state index contributed by atoms with van der Waals surface area (Å²) >= 11 is 0. The van der Waals surface area contributed by atoms with Crippen molar-refractivity contribution in [1.29, 1.82) is 10.5 Å². The Bertz CT molecular complexity index is 404. The third kappa shape index (κ3) is 3.82. The summed E-state index contributed by atoms with van der Waals surface area (Å²) in [6, 6.07) is 2.48. The third-order valence-electron chi connectivity index (χ3n) is 4.28. The standard InChI is InChI=1S/C14H23N3S/c1-13(11-15)7-4-5-9-14(2,10-6-8-13)18(3)17-12-16/h4-10H2,1-3H3. The van der Waals surface area contributed by atoms with Gasteiger partial charge in [0.15, 0.2) is 0 Å². The summed E-state index contributed by atoms with van der Waals surface area (Å²) in [7, 11) is -0.194. The Labute approximate surface area is 113 Å². The predicted octanol–water partition coefficient (Wildman–Crippen LogP) is 3.93. The van der Waals surface area contributed by atoms with Gasteiger partial charge in [-0.2, -0.15) is 14.9 Å². The molecule has 0 amide bonds. The maximum absolute atomic E-state index is 9.27. The molecule has 0 aromatic rings. The Morgan fingerprint density at radius 3 is 2.17 bits per heavy atom. The lowest BCUT2D eigenvalue weighted by atomic mass is 9.82. The topological polar surface area (TPSA) is 59.9 Å². The van der Waals surface area contributed by atoms with E-state index in [1.807, 2.05) is 6.19 Å². The van der Waals surface area contributed by atoms with Crippen LogP contribution in [0.15, 0.2) is 4.36 Å². The molecule has 0 aromatic heterocycles. The van der Waals surface area contributed by atoms with Crippen LogP contribution in [-0.4, -0.2) is 11.0 Å². The molecule has 1 rings (SSSR count). The number of hydrogen-bond acceptors (Lipinski definition) is 3. The van der Waals surface area contributed by atoms with Crippen molar-refractivity contribution in [2.75, 3.05) is 6.26 Å². The van der Waals surface area contributed by atoms with Gasteiger partial charge in [0.25, 0.3) is 0 Å². The molecule has 1 fully saturated rings. The average Bonchev–Trinajstić information content (AvgIpc) is 2.41. The van der Waals surface area contributed by atoms with Crippen molar-refractivity contribution >= 4 is 10.7 Å². The van der Waals surface area contributed by atoms with E-state index in [9.17, 15) is 5.26 Å². The van der Waals surface area contributed by atoms with Crippen LogP contribution in [0, 0.1) is 28.2 Å². The van der Waals surface area contributed by atoms with Gasteiger partial charge < -0.3 is 0 Å². The van der Waals surface area contributed by atoms with E-state index in [0.29, 0.717) is 0 Å². The molecular weight excluding hydrogens is 242 g/mol. The minimum Gasteiger partial charge on any atom is -0.198 e. The predicted molar refractivity (Wildman–Crippen MR) is 75.8 cm³/mol. The fraction of sp³-hybridized carbons (Fsp3) is 0.857. The summed E-state index contributed by atoms with van der Waals surface area (Å²) in [6.45, 7) is 4.34. The molecule has 3 unspecified atom stereocenters.